The van der Waals surface area contributed by atoms with Gasteiger partial charge in [-0.1, -0.05) is 17.7 Å². The lowest BCUT2D eigenvalue weighted by molar-refractivity contribution is 0.120. The van der Waals surface area contributed by atoms with Crippen molar-refractivity contribution in [3.63, 3.8) is 0 Å². The fourth-order valence-electron chi connectivity index (χ4n) is 2.73. The Morgan fingerprint density at radius 2 is 2.09 bits per heavy atom. The fraction of sp³-hybridized carbons (Fsp3) is 0.412. The molecular weight excluding hydrogens is 290 g/mol. The largest absolute Gasteiger partial charge is 0.393 e. The number of hydrogen-bond donors (Lipinski definition) is 3. The molecule has 0 spiro atoms. The smallest absolute Gasteiger partial charge is 0.159 e. The second kappa shape index (κ2) is 6.83. The van der Waals surface area contributed by atoms with Crippen molar-refractivity contribution in [3.8, 4) is 0 Å². The van der Waals surface area contributed by atoms with Crippen LogP contribution in [0.3, 0.4) is 0 Å². The summed E-state index contributed by atoms with van der Waals surface area (Å²) in [5, 5.41) is 6.55. The molecule has 23 heavy (non-hydrogen) atoms. The molecule has 2 aromatic rings. The number of nitrogens with two attached hydrogens (primary N) is 1. The van der Waals surface area contributed by atoms with Gasteiger partial charge in [0.1, 0.15) is 12.0 Å². The van der Waals surface area contributed by atoms with Crippen molar-refractivity contribution in [2.24, 2.45) is 0 Å². The van der Waals surface area contributed by atoms with Crippen LogP contribution in [0, 0.1) is 13.8 Å². The van der Waals surface area contributed by atoms with Gasteiger partial charge in [0.05, 0.1) is 6.10 Å². The average Bonchev–Trinajstić information content (AvgIpc) is 3.04. The van der Waals surface area contributed by atoms with Crippen molar-refractivity contribution in [1.82, 2.24) is 9.97 Å². The van der Waals surface area contributed by atoms with Crippen molar-refractivity contribution in [2.45, 2.75) is 32.8 Å². The van der Waals surface area contributed by atoms with Gasteiger partial charge < -0.3 is 21.1 Å². The highest BCUT2D eigenvalue weighted by Crippen LogP contribution is 2.28. The second-order valence-electron chi connectivity index (χ2n) is 5.94. The van der Waals surface area contributed by atoms with Gasteiger partial charge in [-0.3, -0.25) is 0 Å². The van der Waals surface area contributed by atoms with E-state index < -0.39 is 0 Å². The van der Waals surface area contributed by atoms with Crippen molar-refractivity contribution in [1.29, 1.82) is 0 Å². The molecule has 6 heteroatoms. The minimum atomic E-state index is 0.236. The summed E-state index contributed by atoms with van der Waals surface area (Å²) < 4.78 is 5.61. The third-order valence-corrected chi connectivity index (χ3v) is 4.04. The third-order valence-electron chi connectivity index (χ3n) is 4.04. The van der Waals surface area contributed by atoms with Crippen LogP contribution in [0.2, 0.25) is 0 Å². The van der Waals surface area contributed by atoms with Crippen LogP contribution >= 0.6 is 0 Å². The molecule has 1 atom stereocenters. The Balaban J connectivity index is 1.73. The van der Waals surface area contributed by atoms with Crippen molar-refractivity contribution >= 4 is 23.0 Å². The van der Waals surface area contributed by atoms with E-state index in [4.69, 9.17) is 10.5 Å². The Labute approximate surface area is 136 Å². The summed E-state index contributed by atoms with van der Waals surface area (Å²) in [5.74, 6) is 1.25. The number of hydrogen-bond acceptors (Lipinski definition) is 6. The summed E-state index contributed by atoms with van der Waals surface area (Å²) in [7, 11) is 0. The number of nitrogen functional groups attached to an aromatic ring is 1. The van der Waals surface area contributed by atoms with E-state index in [2.05, 4.69) is 46.6 Å². The van der Waals surface area contributed by atoms with Gasteiger partial charge in [-0.05, 0) is 38.3 Å². The standard InChI is InChI=1S/C17H23N5O/c1-11-5-6-14(12(2)8-11)22-17-15(18)16(20-10-21-17)19-9-13-4-3-7-23-13/h5-6,8,10,13H,3-4,7,9,18H2,1-2H3,(H2,19,20,21,22). The number of aromatic nitrogens is 2. The molecule has 1 saturated heterocycles. The van der Waals surface area contributed by atoms with Crippen LogP contribution in [-0.4, -0.2) is 29.2 Å². The highest BCUT2D eigenvalue weighted by atomic mass is 16.5. The zero-order valence-corrected chi connectivity index (χ0v) is 13.6. The Bertz CT molecular complexity index is 683. The lowest BCUT2D eigenvalue weighted by Gasteiger charge is -2.15. The van der Waals surface area contributed by atoms with Gasteiger partial charge in [-0.2, -0.15) is 0 Å². The minimum absolute atomic E-state index is 0.236. The quantitative estimate of drug-likeness (QED) is 0.787. The molecule has 0 aliphatic carbocycles. The molecular formula is C17H23N5O. The molecule has 1 aliphatic heterocycles. The molecule has 0 amide bonds. The maximum Gasteiger partial charge on any atom is 0.159 e. The molecule has 1 unspecified atom stereocenters. The van der Waals surface area contributed by atoms with E-state index in [1.165, 1.54) is 11.9 Å². The van der Waals surface area contributed by atoms with Crippen LogP contribution in [0.15, 0.2) is 24.5 Å². The Kier molecular flexibility index (Phi) is 4.62. The predicted molar refractivity (Wildman–Crippen MR) is 93.1 cm³/mol. The van der Waals surface area contributed by atoms with Gasteiger partial charge in [0.15, 0.2) is 11.6 Å². The molecule has 122 valence electrons. The Morgan fingerprint density at radius 3 is 2.83 bits per heavy atom. The first-order valence-electron chi connectivity index (χ1n) is 7.93. The molecule has 1 aliphatic rings. The van der Waals surface area contributed by atoms with Crippen molar-refractivity contribution in [3.05, 3.63) is 35.7 Å². The SMILES string of the molecule is Cc1ccc(Nc2ncnc(NCC3CCCO3)c2N)c(C)c1. The van der Waals surface area contributed by atoms with Crippen LogP contribution < -0.4 is 16.4 Å². The van der Waals surface area contributed by atoms with E-state index in [1.54, 1.807) is 0 Å². The molecule has 2 heterocycles. The van der Waals surface area contributed by atoms with E-state index in [9.17, 15) is 0 Å². The molecule has 0 bridgehead atoms. The van der Waals surface area contributed by atoms with Crippen molar-refractivity contribution < 1.29 is 4.74 Å². The molecule has 6 nitrogen and oxygen atoms in total. The molecule has 1 fully saturated rings. The van der Waals surface area contributed by atoms with Crippen LogP contribution in [0.25, 0.3) is 0 Å². The van der Waals surface area contributed by atoms with Crippen LogP contribution in [0.4, 0.5) is 23.0 Å². The first-order chi connectivity index (χ1) is 11.1. The van der Waals surface area contributed by atoms with Crippen LogP contribution in [0.5, 0.6) is 0 Å². The molecule has 4 N–H and O–H groups in total. The predicted octanol–water partition coefficient (Wildman–Crippen LogP) is 3.01. The fourth-order valence-corrected chi connectivity index (χ4v) is 2.73. The lowest BCUT2D eigenvalue weighted by Crippen LogP contribution is -2.20. The van der Waals surface area contributed by atoms with E-state index in [1.807, 2.05) is 6.07 Å². The van der Waals surface area contributed by atoms with Gasteiger partial charge in [0.25, 0.3) is 0 Å². The third kappa shape index (κ3) is 3.71. The average molecular weight is 313 g/mol. The van der Waals surface area contributed by atoms with Crippen molar-refractivity contribution in [2.75, 3.05) is 29.5 Å². The summed E-state index contributed by atoms with van der Waals surface area (Å²) >= 11 is 0. The molecule has 0 saturated carbocycles. The molecule has 3 rings (SSSR count). The monoisotopic (exact) mass is 313 g/mol. The minimum Gasteiger partial charge on any atom is -0.393 e. The highest BCUT2D eigenvalue weighted by Gasteiger charge is 2.16. The first kappa shape index (κ1) is 15.6. The second-order valence-corrected chi connectivity index (χ2v) is 5.94. The van der Waals surface area contributed by atoms with E-state index in [0.717, 1.165) is 30.7 Å². The molecule has 1 aromatic carbocycles. The van der Waals surface area contributed by atoms with Gasteiger partial charge in [0, 0.05) is 18.8 Å². The van der Waals surface area contributed by atoms with Gasteiger partial charge in [0.2, 0.25) is 0 Å². The number of benzene rings is 1. The topological polar surface area (TPSA) is 85.1 Å². The zero-order chi connectivity index (χ0) is 16.2. The van der Waals surface area contributed by atoms with Crippen LogP contribution in [0.1, 0.15) is 24.0 Å². The molecule has 1 aromatic heterocycles. The number of nitrogens with zero attached hydrogens (tertiary/aromatic N) is 2. The Hall–Kier alpha value is -2.34. The highest BCUT2D eigenvalue weighted by molar-refractivity contribution is 5.78. The summed E-state index contributed by atoms with van der Waals surface area (Å²) in [6, 6.07) is 6.21. The summed E-state index contributed by atoms with van der Waals surface area (Å²) in [6.07, 6.45) is 3.94. The van der Waals surface area contributed by atoms with E-state index in [-0.39, 0.29) is 6.10 Å². The first-order valence-corrected chi connectivity index (χ1v) is 7.93. The number of ether oxygens (including phenoxy) is 1. The maximum atomic E-state index is 6.21. The van der Waals surface area contributed by atoms with Gasteiger partial charge in [-0.25, -0.2) is 9.97 Å². The normalized spacial score (nSPS) is 17.2. The number of rotatable bonds is 5. The summed E-state index contributed by atoms with van der Waals surface area (Å²) in [5.41, 5.74) is 10.1. The van der Waals surface area contributed by atoms with Crippen LogP contribution in [-0.2, 0) is 4.74 Å². The Morgan fingerprint density at radius 1 is 1.26 bits per heavy atom. The van der Waals surface area contributed by atoms with Gasteiger partial charge in [-0.15, -0.1) is 0 Å². The number of aryl methyl sites for hydroxylation is 2. The number of anilines is 4. The molecule has 0 radical (unpaired) electrons. The maximum absolute atomic E-state index is 6.21. The zero-order valence-electron chi connectivity index (χ0n) is 13.6. The van der Waals surface area contributed by atoms with Gasteiger partial charge >= 0.3 is 0 Å². The number of nitrogens with one attached hydrogen (secondary N) is 2. The lowest BCUT2D eigenvalue weighted by atomic mass is 10.1. The summed E-state index contributed by atoms with van der Waals surface area (Å²) in [4.78, 5) is 8.49. The van der Waals surface area contributed by atoms with E-state index >= 15 is 0 Å². The summed E-state index contributed by atoms with van der Waals surface area (Å²) in [6.45, 7) is 5.68. The van der Waals surface area contributed by atoms with E-state index in [0.29, 0.717) is 23.9 Å².